The van der Waals surface area contributed by atoms with E-state index in [-0.39, 0.29) is 28.7 Å². The van der Waals surface area contributed by atoms with Gasteiger partial charge in [0.2, 0.25) is 0 Å². The van der Waals surface area contributed by atoms with Crippen LogP contribution >= 0.6 is 0 Å². The number of hydrogen-bond donors (Lipinski definition) is 2. The number of nitrogens with zero attached hydrogens (tertiary/aromatic N) is 1. The van der Waals surface area contributed by atoms with Gasteiger partial charge in [-0.1, -0.05) is 46.5 Å². The molecule has 1 saturated heterocycles. The minimum atomic E-state index is -5.04. The molecule has 1 aliphatic rings. The number of carbonyl (C=O) groups is 1. The second-order valence-electron chi connectivity index (χ2n) is 11.0. The van der Waals surface area contributed by atoms with Crippen LogP contribution in [0.3, 0.4) is 0 Å². The molecule has 1 aromatic heterocycles. The Bertz CT molecular complexity index is 1160. The van der Waals surface area contributed by atoms with E-state index in [0.717, 1.165) is 4.57 Å². The molecule has 0 bridgehead atoms. The Labute approximate surface area is 215 Å². The van der Waals surface area contributed by atoms with E-state index in [4.69, 9.17) is 13.9 Å². The minimum Gasteiger partial charge on any atom is -0.414 e. The number of aromatic nitrogens is 2. The third kappa shape index (κ3) is 7.13. The van der Waals surface area contributed by atoms with Gasteiger partial charge in [-0.3, -0.25) is 19.1 Å². The van der Waals surface area contributed by atoms with Crippen molar-refractivity contribution in [3.63, 3.8) is 0 Å². The predicted octanol–water partition coefficient (Wildman–Crippen LogP) is 2.92. The Kier molecular flexibility index (Phi) is 9.28. The van der Waals surface area contributed by atoms with Crippen LogP contribution in [-0.2, 0) is 18.7 Å². The Balaban J connectivity index is 2.19. The molecule has 2 heterocycles. The molecular formula is C24H36F3N3O6Si. The normalized spacial score (nSPS) is 20.9. The lowest BCUT2D eigenvalue weighted by Crippen LogP contribution is -2.50. The summed E-state index contributed by atoms with van der Waals surface area (Å²) >= 11 is 0. The Morgan fingerprint density at radius 1 is 1.24 bits per heavy atom. The van der Waals surface area contributed by atoms with Crippen LogP contribution in [0.25, 0.3) is 0 Å². The Morgan fingerprint density at radius 2 is 1.86 bits per heavy atom. The van der Waals surface area contributed by atoms with Crippen LogP contribution in [-0.4, -0.2) is 62.4 Å². The van der Waals surface area contributed by atoms with Crippen LogP contribution in [0.2, 0.25) is 18.1 Å². The topological polar surface area (TPSA) is 112 Å². The van der Waals surface area contributed by atoms with Gasteiger partial charge in [0.15, 0.2) is 8.32 Å². The number of rotatable bonds is 7. The van der Waals surface area contributed by atoms with Crippen molar-refractivity contribution < 1.29 is 31.9 Å². The molecule has 0 radical (unpaired) electrons. The van der Waals surface area contributed by atoms with E-state index < -0.39 is 50.5 Å². The van der Waals surface area contributed by atoms with Gasteiger partial charge in [0.25, 0.3) is 5.56 Å². The summed E-state index contributed by atoms with van der Waals surface area (Å²) in [7, 11) is -0.679. The number of nitrogens with one attached hydrogen (secondary N) is 2. The number of carbonyl (C=O) groups excluding carboxylic acids is 1. The van der Waals surface area contributed by atoms with Crippen molar-refractivity contribution in [3.8, 4) is 11.8 Å². The standard InChI is InChI=1S/C24H36F3N3O6Si/c1-22(2,3)23(4,5)37(7,8)35-14-17-16(34-6)12-18(36-17)30-13-15(19(31)29-21(30)33)10-9-11-28-20(32)24(25,26)27/h13,16-18H,11-12,14H2,1-8H3,(H,28,32)(H,29,31,33)/t16?,17-,18?/m1/s1. The molecule has 1 fully saturated rings. The zero-order valence-corrected chi connectivity index (χ0v) is 23.5. The Hall–Kier alpha value is -2.40. The van der Waals surface area contributed by atoms with E-state index in [0.29, 0.717) is 6.42 Å². The second-order valence-corrected chi connectivity index (χ2v) is 15.6. The largest absolute Gasteiger partial charge is 0.471 e. The number of H-pyrrole nitrogens is 1. The molecule has 0 spiro atoms. The first kappa shape index (κ1) is 30.8. The molecule has 1 aliphatic heterocycles. The van der Waals surface area contributed by atoms with Crippen LogP contribution in [0.5, 0.6) is 0 Å². The second kappa shape index (κ2) is 11.1. The lowest BCUT2D eigenvalue weighted by molar-refractivity contribution is -0.173. The van der Waals surface area contributed by atoms with E-state index in [2.05, 4.69) is 64.5 Å². The summed E-state index contributed by atoms with van der Waals surface area (Å²) in [6.45, 7) is 14.9. The summed E-state index contributed by atoms with van der Waals surface area (Å²) in [5.41, 5.74) is -1.70. The average molecular weight is 548 g/mol. The monoisotopic (exact) mass is 547 g/mol. The Morgan fingerprint density at radius 3 is 2.41 bits per heavy atom. The molecule has 208 valence electrons. The van der Waals surface area contributed by atoms with Gasteiger partial charge in [0.05, 0.1) is 19.3 Å². The number of halogens is 3. The first-order valence-electron chi connectivity index (χ1n) is 11.8. The number of amides is 1. The zero-order chi connectivity index (χ0) is 28.4. The minimum absolute atomic E-state index is 0.0126. The van der Waals surface area contributed by atoms with Gasteiger partial charge in [-0.2, -0.15) is 13.2 Å². The highest BCUT2D eigenvalue weighted by atomic mass is 28.4. The van der Waals surface area contributed by atoms with E-state index in [1.807, 2.05) is 0 Å². The van der Waals surface area contributed by atoms with Crippen molar-refractivity contribution in [2.75, 3.05) is 20.3 Å². The van der Waals surface area contributed by atoms with Crippen molar-refractivity contribution in [1.82, 2.24) is 14.9 Å². The molecule has 2 N–H and O–H groups in total. The SMILES string of the molecule is COC1CC(n2cc(C#CCNC(=O)C(F)(F)F)c(=O)[nH]c2=O)O[C@@H]1CO[Si](C)(C)C(C)(C)C(C)(C)C. The number of hydrogen-bond acceptors (Lipinski definition) is 6. The summed E-state index contributed by atoms with van der Waals surface area (Å²) in [5, 5.41) is 1.52. The van der Waals surface area contributed by atoms with Gasteiger partial charge in [0, 0.05) is 19.7 Å². The van der Waals surface area contributed by atoms with Crippen LogP contribution in [0.4, 0.5) is 13.2 Å². The first-order valence-corrected chi connectivity index (χ1v) is 14.7. The summed E-state index contributed by atoms with van der Waals surface area (Å²) in [6.07, 6.45) is -5.18. The van der Waals surface area contributed by atoms with Crippen LogP contribution in [0.15, 0.2) is 15.8 Å². The number of alkyl halides is 3. The molecule has 0 aliphatic carbocycles. The summed E-state index contributed by atoms with van der Waals surface area (Å²) in [4.78, 5) is 37.7. The van der Waals surface area contributed by atoms with Crippen molar-refractivity contribution in [3.05, 3.63) is 32.6 Å². The van der Waals surface area contributed by atoms with Crippen molar-refractivity contribution >= 4 is 14.2 Å². The van der Waals surface area contributed by atoms with Crippen molar-refractivity contribution in [2.24, 2.45) is 5.41 Å². The zero-order valence-electron chi connectivity index (χ0n) is 22.5. The maximum Gasteiger partial charge on any atom is 0.471 e. The lowest BCUT2D eigenvalue weighted by atomic mass is 9.82. The molecule has 0 saturated carbocycles. The van der Waals surface area contributed by atoms with Gasteiger partial charge in [-0.25, -0.2) is 4.79 Å². The number of ether oxygens (including phenoxy) is 2. The highest BCUT2D eigenvalue weighted by Gasteiger charge is 2.49. The van der Waals surface area contributed by atoms with Gasteiger partial charge < -0.3 is 19.2 Å². The molecule has 9 nitrogen and oxygen atoms in total. The molecular weight excluding hydrogens is 511 g/mol. The average Bonchev–Trinajstić information content (AvgIpc) is 3.17. The number of aromatic amines is 1. The third-order valence-electron chi connectivity index (χ3n) is 7.57. The molecule has 13 heteroatoms. The van der Waals surface area contributed by atoms with Crippen LogP contribution < -0.4 is 16.6 Å². The summed E-state index contributed by atoms with van der Waals surface area (Å²) in [5.74, 6) is 2.52. The molecule has 0 aromatic carbocycles. The fourth-order valence-corrected chi connectivity index (χ4v) is 6.54. The van der Waals surface area contributed by atoms with Crippen molar-refractivity contribution in [1.29, 1.82) is 0 Å². The van der Waals surface area contributed by atoms with Gasteiger partial charge in [-0.05, 0) is 23.5 Å². The van der Waals surface area contributed by atoms with Crippen LogP contribution in [0.1, 0.15) is 52.8 Å². The van der Waals surface area contributed by atoms with Gasteiger partial charge >= 0.3 is 17.8 Å². The van der Waals surface area contributed by atoms with Gasteiger partial charge in [-0.15, -0.1) is 0 Å². The van der Waals surface area contributed by atoms with E-state index in [1.54, 1.807) is 5.32 Å². The maximum absolute atomic E-state index is 12.5. The lowest BCUT2D eigenvalue weighted by Gasteiger charge is -2.48. The third-order valence-corrected chi connectivity index (χ3v) is 12.2. The summed E-state index contributed by atoms with van der Waals surface area (Å²) in [6, 6.07) is 0. The van der Waals surface area contributed by atoms with E-state index in [9.17, 15) is 27.6 Å². The van der Waals surface area contributed by atoms with Gasteiger partial charge in [0.1, 0.15) is 17.9 Å². The van der Waals surface area contributed by atoms with E-state index >= 15 is 0 Å². The molecule has 1 aromatic rings. The molecule has 2 unspecified atom stereocenters. The highest BCUT2D eigenvalue weighted by Crippen LogP contribution is 2.52. The molecule has 1 amide bonds. The van der Waals surface area contributed by atoms with Crippen LogP contribution in [0, 0.1) is 17.3 Å². The van der Waals surface area contributed by atoms with E-state index in [1.165, 1.54) is 13.3 Å². The first-order chi connectivity index (χ1) is 16.8. The highest BCUT2D eigenvalue weighted by molar-refractivity contribution is 6.74. The fourth-order valence-electron chi connectivity index (χ4n) is 3.80. The van der Waals surface area contributed by atoms with Crippen molar-refractivity contribution in [2.45, 2.75) is 83.8 Å². The molecule has 2 rings (SSSR count). The maximum atomic E-state index is 12.5. The molecule has 37 heavy (non-hydrogen) atoms. The quantitative estimate of drug-likeness (QED) is 0.401. The predicted molar refractivity (Wildman–Crippen MR) is 134 cm³/mol. The smallest absolute Gasteiger partial charge is 0.414 e. The fraction of sp³-hybridized carbons (Fsp3) is 0.708. The molecule has 3 atom stereocenters. The number of methoxy groups -OCH3 is 1. The summed E-state index contributed by atoms with van der Waals surface area (Å²) < 4.78 is 56.1.